The van der Waals surface area contributed by atoms with Gasteiger partial charge in [-0.3, -0.25) is 0 Å². The van der Waals surface area contributed by atoms with Crippen molar-refractivity contribution in [1.82, 2.24) is 4.98 Å². The molecule has 0 unspecified atom stereocenters. The molecule has 24 heavy (non-hydrogen) atoms. The first kappa shape index (κ1) is 14.5. The summed E-state index contributed by atoms with van der Waals surface area (Å²) < 4.78 is 6.09. The maximum atomic E-state index is 6.09. The molecule has 0 saturated carbocycles. The van der Waals surface area contributed by atoms with Gasteiger partial charge in [-0.1, -0.05) is 66.2 Å². The molecular formula is C22H17NO. The number of hydrogen-bond donors (Lipinski definition) is 0. The fraction of sp³-hybridized carbons (Fsp3) is 0.0455. The third-order valence-corrected chi connectivity index (χ3v) is 4.01. The molecule has 0 fully saturated rings. The van der Waals surface area contributed by atoms with Crippen molar-refractivity contribution in [2.45, 2.75) is 6.92 Å². The minimum absolute atomic E-state index is 0.628. The highest BCUT2D eigenvalue weighted by Crippen LogP contribution is 2.34. The normalized spacial score (nSPS) is 10.7. The van der Waals surface area contributed by atoms with Crippen LogP contribution in [0.4, 0.5) is 0 Å². The van der Waals surface area contributed by atoms with Gasteiger partial charge in [0.25, 0.3) is 0 Å². The van der Waals surface area contributed by atoms with Crippen LogP contribution in [0.3, 0.4) is 0 Å². The Morgan fingerprint density at radius 1 is 0.750 bits per heavy atom. The molecule has 0 aliphatic carbocycles. The van der Waals surface area contributed by atoms with Crippen molar-refractivity contribution in [3.63, 3.8) is 0 Å². The highest BCUT2D eigenvalue weighted by molar-refractivity contribution is 5.86. The Morgan fingerprint density at radius 3 is 2.25 bits per heavy atom. The Hall–Kier alpha value is -3.13. The van der Waals surface area contributed by atoms with E-state index < -0.39 is 0 Å². The van der Waals surface area contributed by atoms with E-state index in [4.69, 9.17) is 9.72 Å². The molecule has 0 aliphatic heterocycles. The second-order valence-corrected chi connectivity index (χ2v) is 5.81. The van der Waals surface area contributed by atoms with E-state index in [2.05, 4.69) is 43.3 Å². The van der Waals surface area contributed by atoms with E-state index in [-0.39, 0.29) is 0 Å². The number of fused-ring (bicyclic) bond motifs is 1. The molecule has 3 aromatic carbocycles. The van der Waals surface area contributed by atoms with E-state index in [9.17, 15) is 0 Å². The summed E-state index contributed by atoms with van der Waals surface area (Å²) in [4.78, 5) is 4.75. The van der Waals surface area contributed by atoms with Crippen molar-refractivity contribution < 1.29 is 4.74 Å². The molecule has 0 radical (unpaired) electrons. The largest absolute Gasteiger partial charge is 0.438 e. The second-order valence-electron chi connectivity index (χ2n) is 5.81. The molecule has 2 nitrogen and oxygen atoms in total. The average Bonchev–Trinajstić information content (AvgIpc) is 2.63. The van der Waals surface area contributed by atoms with Gasteiger partial charge < -0.3 is 4.74 Å². The van der Waals surface area contributed by atoms with Crippen LogP contribution in [0, 0.1) is 6.92 Å². The minimum atomic E-state index is 0.628. The lowest BCUT2D eigenvalue weighted by molar-refractivity contribution is 0.467. The fourth-order valence-electron chi connectivity index (χ4n) is 2.72. The van der Waals surface area contributed by atoms with Crippen LogP contribution in [0.25, 0.3) is 22.0 Å². The molecule has 0 N–H and O–H groups in total. The molecule has 0 spiro atoms. The van der Waals surface area contributed by atoms with E-state index in [1.165, 1.54) is 5.56 Å². The predicted molar refractivity (Wildman–Crippen MR) is 98.4 cm³/mol. The molecule has 1 aromatic heterocycles. The fourth-order valence-corrected chi connectivity index (χ4v) is 2.72. The van der Waals surface area contributed by atoms with Crippen LogP contribution < -0.4 is 4.74 Å². The highest BCUT2D eigenvalue weighted by Gasteiger charge is 2.11. The number of pyridine rings is 1. The maximum Gasteiger partial charge on any atom is 0.227 e. The van der Waals surface area contributed by atoms with Crippen molar-refractivity contribution in [2.24, 2.45) is 0 Å². The second kappa shape index (κ2) is 6.17. The van der Waals surface area contributed by atoms with Gasteiger partial charge in [0.15, 0.2) is 0 Å². The lowest BCUT2D eigenvalue weighted by Crippen LogP contribution is -1.93. The lowest BCUT2D eigenvalue weighted by atomic mass is 10.0. The van der Waals surface area contributed by atoms with E-state index in [1.807, 2.05) is 48.5 Å². The van der Waals surface area contributed by atoms with E-state index in [0.717, 1.165) is 27.8 Å². The Labute approximate surface area is 141 Å². The van der Waals surface area contributed by atoms with Crippen molar-refractivity contribution in [1.29, 1.82) is 0 Å². The first-order chi connectivity index (χ1) is 11.8. The predicted octanol–water partition coefficient (Wildman–Crippen LogP) is 6.00. The molecule has 0 saturated heterocycles. The zero-order valence-electron chi connectivity index (χ0n) is 13.4. The maximum absolute atomic E-state index is 6.09. The summed E-state index contributed by atoms with van der Waals surface area (Å²) in [6.07, 6.45) is 0. The minimum Gasteiger partial charge on any atom is -0.438 e. The standard InChI is InChI=1S/C22H17NO/c1-16-11-13-17(14-12-16)20-15-18-7-5-6-10-21(18)23-22(20)24-19-8-3-2-4-9-19/h2-15H,1H3. The smallest absolute Gasteiger partial charge is 0.227 e. The Balaban J connectivity index is 1.88. The number of para-hydroxylation sites is 2. The number of ether oxygens (including phenoxy) is 1. The van der Waals surface area contributed by atoms with E-state index >= 15 is 0 Å². The molecule has 2 heteroatoms. The molecule has 0 atom stereocenters. The number of aryl methyl sites for hydroxylation is 1. The number of hydrogen-bond acceptors (Lipinski definition) is 2. The molecule has 4 aromatic rings. The van der Waals surface area contributed by atoms with Gasteiger partial charge in [0.05, 0.1) is 5.52 Å². The van der Waals surface area contributed by atoms with Crippen molar-refractivity contribution in [2.75, 3.05) is 0 Å². The number of nitrogens with zero attached hydrogens (tertiary/aromatic N) is 1. The number of rotatable bonds is 3. The summed E-state index contributed by atoms with van der Waals surface area (Å²) >= 11 is 0. The molecule has 0 aliphatic rings. The van der Waals surface area contributed by atoms with Gasteiger partial charge in [-0.25, -0.2) is 4.98 Å². The average molecular weight is 311 g/mol. The molecule has 0 bridgehead atoms. The molecule has 0 amide bonds. The van der Waals surface area contributed by atoms with Gasteiger partial charge >= 0.3 is 0 Å². The van der Waals surface area contributed by atoms with Crippen molar-refractivity contribution in [3.05, 3.63) is 90.5 Å². The Kier molecular flexibility index (Phi) is 3.72. The van der Waals surface area contributed by atoms with Crippen molar-refractivity contribution in [3.8, 4) is 22.8 Å². The molecule has 116 valence electrons. The zero-order valence-corrected chi connectivity index (χ0v) is 13.4. The summed E-state index contributed by atoms with van der Waals surface area (Å²) in [6, 6.07) is 28.5. The molecular weight excluding hydrogens is 294 g/mol. The van der Waals surface area contributed by atoms with Gasteiger partial charge in [-0.2, -0.15) is 0 Å². The van der Waals surface area contributed by atoms with Gasteiger partial charge in [-0.15, -0.1) is 0 Å². The summed E-state index contributed by atoms with van der Waals surface area (Å²) in [5, 5.41) is 1.11. The van der Waals surface area contributed by atoms with E-state index in [1.54, 1.807) is 0 Å². The van der Waals surface area contributed by atoms with E-state index in [0.29, 0.717) is 5.88 Å². The lowest BCUT2D eigenvalue weighted by Gasteiger charge is -2.12. The third kappa shape index (κ3) is 2.86. The van der Waals surface area contributed by atoms with Crippen LogP contribution in [-0.4, -0.2) is 4.98 Å². The van der Waals surface area contributed by atoms with Gasteiger partial charge in [0, 0.05) is 10.9 Å². The summed E-state index contributed by atoms with van der Waals surface area (Å²) in [7, 11) is 0. The monoisotopic (exact) mass is 311 g/mol. The van der Waals surface area contributed by atoms with Crippen LogP contribution in [0.2, 0.25) is 0 Å². The molecule has 1 heterocycles. The van der Waals surface area contributed by atoms with Crippen molar-refractivity contribution >= 4 is 10.9 Å². The van der Waals surface area contributed by atoms with Crippen LogP contribution in [0.1, 0.15) is 5.56 Å². The van der Waals surface area contributed by atoms with Crippen LogP contribution in [0.15, 0.2) is 84.9 Å². The van der Waals surface area contributed by atoms with Crippen LogP contribution >= 0.6 is 0 Å². The van der Waals surface area contributed by atoms with Crippen LogP contribution in [-0.2, 0) is 0 Å². The summed E-state index contributed by atoms with van der Waals surface area (Å²) in [5.74, 6) is 1.41. The Bertz CT molecular complexity index is 976. The van der Waals surface area contributed by atoms with Crippen LogP contribution in [0.5, 0.6) is 11.6 Å². The first-order valence-electron chi connectivity index (χ1n) is 7.99. The summed E-state index contributed by atoms with van der Waals surface area (Å²) in [6.45, 7) is 2.09. The number of aromatic nitrogens is 1. The summed E-state index contributed by atoms with van der Waals surface area (Å²) in [5.41, 5.74) is 4.26. The quantitative estimate of drug-likeness (QED) is 0.463. The zero-order chi connectivity index (χ0) is 16.4. The van der Waals surface area contributed by atoms with Gasteiger partial charge in [0.2, 0.25) is 5.88 Å². The topological polar surface area (TPSA) is 22.1 Å². The highest BCUT2D eigenvalue weighted by atomic mass is 16.5. The van der Waals surface area contributed by atoms with Gasteiger partial charge in [0.1, 0.15) is 5.75 Å². The first-order valence-corrected chi connectivity index (χ1v) is 7.99. The molecule has 4 rings (SSSR count). The Morgan fingerprint density at radius 2 is 1.46 bits per heavy atom. The SMILES string of the molecule is Cc1ccc(-c2cc3ccccc3nc2Oc2ccccc2)cc1. The van der Waals surface area contributed by atoms with Gasteiger partial charge in [-0.05, 0) is 36.8 Å². The number of benzene rings is 3. The third-order valence-electron chi connectivity index (χ3n) is 4.01.